The normalized spacial score (nSPS) is 18.9. The second-order valence-corrected chi connectivity index (χ2v) is 7.15. The van der Waals surface area contributed by atoms with E-state index in [1.165, 1.54) is 7.11 Å². The number of nitrogens with zero attached hydrogens (tertiary/aromatic N) is 3. The Morgan fingerprint density at radius 2 is 2.15 bits per heavy atom. The number of aromatic nitrogens is 2. The molecular weight excluding hydrogens is 349 g/mol. The molecule has 0 spiro atoms. The quantitative estimate of drug-likeness (QED) is 0.790. The van der Waals surface area contributed by atoms with E-state index in [9.17, 15) is 9.18 Å². The molecule has 1 aliphatic carbocycles. The number of ether oxygens (including phenoxy) is 2. The molecule has 144 valence electrons. The highest BCUT2D eigenvalue weighted by Gasteiger charge is 2.32. The van der Waals surface area contributed by atoms with Crippen molar-refractivity contribution >= 4 is 11.8 Å². The summed E-state index contributed by atoms with van der Waals surface area (Å²) in [6.45, 7) is 1.41. The van der Waals surface area contributed by atoms with E-state index in [0.29, 0.717) is 11.8 Å². The number of rotatable bonds is 5. The maximum atomic E-state index is 12.9. The van der Waals surface area contributed by atoms with E-state index in [4.69, 9.17) is 9.47 Å². The zero-order valence-electron chi connectivity index (χ0n) is 15.7. The molecule has 0 N–H and O–H groups in total. The van der Waals surface area contributed by atoms with E-state index in [-0.39, 0.29) is 12.6 Å². The van der Waals surface area contributed by atoms with Gasteiger partial charge in [0.05, 0.1) is 25.0 Å². The Labute approximate surface area is 157 Å². The topological polar surface area (TPSA) is 56.6 Å². The Kier molecular flexibility index (Phi) is 4.76. The van der Waals surface area contributed by atoms with Crippen molar-refractivity contribution in [1.29, 1.82) is 0 Å². The van der Waals surface area contributed by atoms with Crippen LogP contribution in [0.1, 0.15) is 37.8 Å². The molecule has 1 saturated carbocycles. The smallest absolute Gasteiger partial charge is 0.414 e. The number of anilines is 1. The number of carbonyl (C=O) groups excluding carboxylic acids is 1. The first-order chi connectivity index (χ1) is 13.1. The minimum atomic E-state index is -0.568. The lowest BCUT2D eigenvalue weighted by molar-refractivity contribution is 0.175. The van der Waals surface area contributed by atoms with Gasteiger partial charge in [-0.25, -0.2) is 9.18 Å². The molecule has 0 radical (unpaired) electrons. The number of methoxy groups -OCH3 is 1. The van der Waals surface area contributed by atoms with Crippen LogP contribution in [0.3, 0.4) is 0 Å². The molecule has 1 fully saturated rings. The predicted octanol–water partition coefficient (Wildman–Crippen LogP) is 4.14. The molecule has 0 unspecified atom stereocenters. The zero-order valence-corrected chi connectivity index (χ0v) is 15.7. The number of benzene rings is 1. The Morgan fingerprint density at radius 1 is 1.33 bits per heavy atom. The van der Waals surface area contributed by atoms with E-state index < -0.39 is 12.8 Å². The van der Waals surface area contributed by atoms with Gasteiger partial charge in [0.25, 0.3) is 0 Å². The largest absolute Gasteiger partial charge is 0.490 e. The van der Waals surface area contributed by atoms with Crippen LogP contribution in [0.5, 0.6) is 5.75 Å². The van der Waals surface area contributed by atoms with Crippen LogP contribution in [-0.2, 0) is 11.2 Å². The second-order valence-electron chi connectivity index (χ2n) is 7.15. The van der Waals surface area contributed by atoms with Crippen LogP contribution in [-0.4, -0.2) is 42.3 Å². The van der Waals surface area contributed by atoms with Gasteiger partial charge < -0.3 is 9.47 Å². The molecule has 2 heterocycles. The number of hydrogen-bond acceptors (Lipinski definition) is 4. The highest BCUT2D eigenvalue weighted by atomic mass is 19.1. The van der Waals surface area contributed by atoms with Crippen molar-refractivity contribution < 1.29 is 18.7 Å². The average molecular weight is 373 g/mol. The zero-order chi connectivity index (χ0) is 19.0. The van der Waals surface area contributed by atoms with E-state index in [0.717, 1.165) is 48.1 Å². The molecule has 2 aromatic rings. The third kappa shape index (κ3) is 3.26. The molecule has 27 heavy (non-hydrogen) atoms. The molecule has 1 aliphatic heterocycles. The van der Waals surface area contributed by atoms with Crippen LogP contribution < -0.4 is 9.64 Å². The standard InChI is InChI=1S/C20H24FN3O3/c1-13-3-6-17-18(24(13)20(25)26-2)8-7-16(19(17)27-10-9-21)14-11-22-23(12-14)15-4-5-15/h7-8,11-13,15H,3-6,9-10H2,1-2H3/t13-/m0/s1. The number of amides is 1. The maximum absolute atomic E-state index is 12.9. The summed E-state index contributed by atoms with van der Waals surface area (Å²) in [6.07, 6.45) is 7.31. The number of carbonyl (C=O) groups is 1. The summed E-state index contributed by atoms with van der Waals surface area (Å²) >= 11 is 0. The van der Waals surface area contributed by atoms with Crippen LogP contribution in [0, 0.1) is 0 Å². The van der Waals surface area contributed by atoms with Gasteiger partial charge in [0.2, 0.25) is 0 Å². The van der Waals surface area contributed by atoms with Crippen LogP contribution >= 0.6 is 0 Å². The fourth-order valence-electron chi connectivity index (χ4n) is 3.73. The molecule has 0 saturated heterocycles. The number of fused-ring (bicyclic) bond motifs is 1. The first-order valence-electron chi connectivity index (χ1n) is 9.40. The first-order valence-corrected chi connectivity index (χ1v) is 9.40. The van der Waals surface area contributed by atoms with Crippen molar-refractivity contribution in [1.82, 2.24) is 9.78 Å². The highest BCUT2D eigenvalue weighted by Crippen LogP contribution is 2.44. The average Bonchev–Trinajstić information content (AvgIpc) is 3.42. The molecule has 1 aromatic heterocycles. The van der Waals surface area contributed by atoms with Crippen molar-refractivity contribution in [2.75, 3.05) is 25.3 Å². The summed E-state index contributed by atoms with van der Waals surface area (Å²) < 4.78 is 25.6. The molecule has 6 nitrogen and oxygen atoms in total. The lowest BCUT2D eigenvalue weighted by Gasteiger charge is -2.35. The van der Waals surface area contributed by atoms with Gasteiger partial charge in [-0.3, -0.25) is 9.58 Å². The van der Waals surface area contributed by atoms with Gasteiger partial charge in [0, 0.05) is 28.9 Å². The molecule has 7 heteroatoms. The van der Waals surface area contributed by atoms with E-state index >= 15 is 0 Å². The summed E-state index contributed by atoms with van der Waals surface area (Å²) in [5, 5.41) is 4.46. The molecule has 2 aliphatic rings. The minimum absolute atomic E-state index is 0.0198. The first kappa shape index (κ1) is 17.8. The van der Waals surface area contributed by atoms with E-state index in [1.54, 1.807) is 4.90 Å². The van der Waals surface area contributed by atoms with Crippen LogP contribution in [0.4, 0.5) is 14.9 Å². The molecule has 1 amide bonds. The van der Waals surface area contributed by atoms with E-state index in [2.05, 4.69) is 5.10 Å². The summed E-state index contributed by atoms with van der Waals surface area (Å²) in [7, 11) is 1.38. The van der Waals surface area contributed by atoms with Crippen molar-refractivity contribution in [2.45, 2.75) is 44.7 Å². The van der Waals surface area contributed by atoms with Gasteiger partial charge >= 0.3 is 6.09 Å². The maximum Gasteiger partial charge on any atom is 0.414 e. The van der Waals surface area contributed by atoms with Gasteiger partial charge in [-0.15, -0.1) is 0 Å². The van der Waals surface area contributed by atoms with Crippen molar-refractivity contribution in [2.24, 2.45) is 0 Å². The van der Waals surface area contributed by atoms with Gasteiger partial charge in [0.15, 0.2) is 0 Å². The van der Waals surface area contributed by atoms with Crippen molar-refractivity contribution in [3.8, 4) is 16.9 Å². The molecule has 1 atom stereocenters. The van der Waals surface area contributed by atoms with Gasteiger partial charge in [0.1, 0.15) is 19.0 Å². The predicted molar refractivity (Wildman–Crippen MR) is 100 cm³/mol. The molecule has 1 aromatic carbocycles. The number of alkyl halides is 1. The SMILES string of the molecule is COC(=O)N1c2ccc(-c3cnn(C4CC4)c3)c(OCCF)c2CC[C@@H]1C. The van der Waals surface area contributed by atoms with Crippen LogP contribution in [0.2, 0.25) is 0 Å². The minimum Gasteiger partial charge on any atom is -0.490 e. The lowest BCUT2D eigenvalue weighted by atomic mass is 9.92. The van der Waals surface area contributed by atoms with Gasteiger partial charge in [-0.1, -0.05) is 0 Å². The monoisotopic (exact) mass is 373 g/mol. The fourth-order valence-corrected chi connectivity index (χ4v) is 3.73. The van der Waals surface area contributed by atoms with Crippen LogP contribution in [0.25, 0.3) is 11.1 Å². The molecule has 0 bridgehead atoms. The highest BCUT2D eigenvalue weighted by molar-refractivity contribution is 5.92. The van der Waals surface area contributed by atoms with Crippen molar-refractivity contribution in [3.05, 3.63) is 30.1 Å². The Bertz CT molecular complexity index is 847. The molecule has 4 rings (SSSR count). The Balaban J connectivity index is 1.79. The fraction of sp³-hybridized carbons (Fsp3) is 0.500. The summed E-state index contributed by atoms with van der Waals surface area (Å²) in [6, 6.07) is 4.37. The van der Waals surface area contributed by atoms with Crippen molar-refractivity contribution in [3.63, 3.8) is 0 Å². The Morgan fingerprint density at radius 3 is 2.85 bits per heavy atom. The number of halogens is 1. The summed E-state index contributed by atoms with van der Waals surface area (Å²) in [4.78, 5) is 13.9. The second kappa shape index (κ2) is 7.21. The molecular formula is C20H24FN3O3. The van der Waals surface area contributed by atoms with Gasteiger partial charge in [-0.2, -0.15) is 5.10 Å². The van der Waals surface area contributed by atoms with E-state index in [1.807, 2.05) is 36.1 Å². The van der Waals surface area contributed by atoms with Gasteiger partial charge in [-0.05, 0) is 44.7 Å². The summed E-state index contributed by atoms with van der Waals surface area (Å²) in [5.74, 6) is 0.640. The van der Waals surface area contributed by atoms with Crippen LogP contribution in [0.15, 0.2) is 24.5 Å². The summed E-state index contributed by atoms with van der Waals surface area (Å²) in [5.41, 5.74) is 3.52. The third-order valence-electron chi connectivity index (χ3n) is 5.28. The lowest BCUT2D eigenvalue weighted by Crippen LogP contribution is -2.42. The third-order valence-corrected chi connectivity index (χ3v) is 5.28. The number of hydrogen-bond donors (Lipinski definition) is 0. The Hall–Kier alpha value is -2.57.